The summed E-state index contributed by atoms with van der Waals surface area (Å²) in [5.74, 6) is 1.07. The van der Waals surface area contributed by atoms with Gasteiger partial charge in [0.1, 0.15) is 6.10 Å². The first-order valence-electron chi connectivity index (χ1n) is 9.67. The number of benzene rings is 2. The van der Waals surface area contributed by atoms with E-state index < -0.39 is 0 Å². The van der Waals surface area contributed by atoms with E-state index in [0.29, 0.717) is 6.42 Å². The molecule has 2 heterocycles. The number of para-hydroxylation sites is 1. The molecule has 0 atom stereocenters. The van der Waals surface area contributed by atoms with Gasteiger partial charge in [-0.2, -0.15) is 0 Å². The molecule has 4 rings (SSSR count). The average Bonchev–Trinajstić information content (AvgIpc) is 3.13. The van der Waals surface area contributed by atoms with Gasteiger partial charge in [-0.3, -0.25) is 4.79 Å². The summed E-state index contributed by atoms with van der Waals surface area (Å²) in [6, 6.07) is 16.5. The molecule has 4 nitrogen and oxygen atoms in total. The number of fused-ring (bicyclic) bond motifs is 1. The maximum Gasteiger partial charge on any atom is 0.274 e. The van der Waals surface area contributed by atoms with Crippen molar-refractivity contribution in [3.05, 3.63) is 54.1 Å². The molecule has 0 spiro atoms. The van der Waals surface area contributed by atoms with E-state index in [1.54, 1.807) is 23.1 Å². The van der Waals surface area contributed by atoms with E-state index in [2.05, 4.69) is 42.2 Å². The standard InChI is InChI=1S/C22H24N2O2S2/c1-16-6-5-9-19-21(16)23-22(28-19)26-17-10-13-24(14-11-17)20(25)12-15-27-18-7-3-2-4-8-18/h2-9,17H,10-15H2,1H3. The van der Waals surface area contributed by atoms with Crippen molar-refractivity contribution in [2.45, 2.75) is 37.2 Å². The highest BCUT2D eigenvalue weighted by atomic mass is 32.2. The van der Waals surface area contributed by atoms with E-state index in [-0.39, 0.29) is 12.0 Å². The van der Waals surface area contributed by atoms with Crippen molar-refractivity contribution in [2.75, 3.05) is 18.8 Å². The van der Waals surface area contributed by atoms with Crippen LogP contribution >= 0.6 is 23.1 Å². The molecule has 1 fully saturated rings. The fourth-order valence-electron chi connectivity index (χ4n) is 3.41. The molecule has 1 aliphatic heterocycles. The monoisotopic (exact) mass is 412 g/mol. The number of piperidine rings is 1. The van der Waals surface area contributed by atoms with Gasteiger partial charge in [0, 0.05) is 43.0 Å². The van der Waals surface area contributed by atoms with Crippen molar-refractivity contribution >= 4 is 39.2 Å². The number of carbonyl (C=O) groups excluding carboxylic acids is 1. The summed E-state index contributed by atoms with van der Waals surface area (Å²) in [6.45, 7) is 3.61. The molecule has 0 unspecified atom stereocenters. The van der Waals surface area contributed by atoms with E-state index in [9.17, 15) is 4.79 Å². The summed E-state index contributed by atoms with van der Waals surface area (Å²) in [5, 5.41) is 0.744. The first kappa shape index (κ1) is 19.3. The van der Waals surface area contributed by atoms with Crippen LogP contribution in [0.1, 0.15) is 24.8 Å². The van der Waals surface area contributed by atoms with Crippen LogP contribution < -0.4 is 4.74 Å². The Labute approximate surface area is 173 Å². The van der Waals surface area contributed by atoms with Crippen molar-refractivity contribution < 1.29 is 9.53 Å². The van der Waals surface area contributed by atoms with E-state index >= 15 is 0 Å². The second-order valence-electron chi connectivity index (χ2n) is 7.01. The van der Waals surface area contributed by atoms with E-state index in [4.69, 9.17) is 4.74 Å². The van der Waals surface area contributed by atoms with Gasteiger partial charge < -0.3 is 9.64 Å². The van der Waals surface area contributed by atoms with Crippen LogP contribution in [-0.2, 0) is 4.79 Å². The molecule has 3 aromatic rings. The number of thiazole rings is 1. The molecule has 0 bridgehead atoms. The van der Waals surface area contributed by atoms with Crippen molar-refractivity contribution in [1.29, 1.82) is 0 Å². The average molecular weight is 413 g/mol. The molecule has 1 aliphatic rings. The summed E-state index contributed by atoms with van der Waals surface area (Å²) in [4.78, 5) is 20.3. The Morgan fingerprint density at radius 1 is 1.18 bits per heavy atom. The van der Waals surface area contributed by atoms with Crippen LogP contribution in [-0.4, -0.2) is 40.7 Å². The van der Waals surface area contributed by atoms with Gasteiger partial charge in [-0.1, -0.05) is 41.7 Å². The first-order valence-corrected chi connectivity index (χ1v) is 11.5. The number of likely N-dealkylation sites (tertiary alicyclic amines) is 1. The highest BCUT2D eigenvalue weighted by Gasteiger charge is 2.24. The van der Waals surface area contributed by atoms with Crippen LogP contribution in [0, 0.1) is 6.92 Å². The van der Waals surface area contributed by atoms with Gasteiger partial charge in [0.25, 0.3) is 5.19 Å². The Bertz CT molecular complexity index is 934. The molecule has 2 aromatic carbocycles. The van der Waals surface area contributed by atoms with E-state index in [1.807, 2.05) is 23.1 Å². The van der Waals surface area contributed by atoms with Crippen LogP contribution in [0.25, 0.3) is 10.2 Å². The van der Waals surface area contributed by atoms with Crippen LogP contribution in [0.2, 0.25) is 0 Å². The van der Waals surface area contributed by atoms with Crippen LogP contribution in [0.4, 0.5) is 0 Å². The zero-order valence-electron chi connectivity index (χ0n) is 16.0. The second kappa shape index (κ2) is 8.97. The quantitative estimate of drug-likeness (QED) is 0.525. The number of hydrogen-bond acceptors (Lipinski definition) is 5. The summed E-state index contributed by atoms with van der Waals surface area (Å²) < 4.78 is 7.29. The smallest absolute Gasteiger partial charge is 0.274 e. The zero-order valence-corrected chi connectivity index (χ0v) is 17.6. The molecular weight excluding hydrogens is 388 g/mol. The normalized spacial score (nSPS) is 15.1. The Hall–Kier alpha value is -2.05. The van der Waals surface area contributed by atoms with Gasteiger partial charge in [0.05, 0.1) is 10.2 Å². The molecule has 0 saturated carbocycles. The lowest BCUT2D eigenvalue weighted by molar-refractivity contribution is -0.132. The maximum atomic E-state index is 12.5. The number of hydrogen-bond donors (Lipinski definition) is 0. The summed E-state index contributed by atoms with van der Waals surface area (Å²) in [6.07, 6.45) is 2.46. The third-order valence-corrected chi connectivity index (χ3v) is 6.92. The summed E-state index contributed by atoms with van der Waals surface area (Å²) in [7, 11) is 0. The number of carbonyl (C=O) groups is 1. The minimum atomic E-state index is 0.142. The molecule has 0 N–H and O–H groups in total. The minimum absolute atomic E-state index is 0.142. The predicted octanol–water partition coefficient (Wildman–Crippen LogP) is 5.16. The van der Waals surface area contributed by atoms with Crippen LogP contribution in [0.5, 0.6) is 5.19 Å². The molecular formula is C22H24N2O2S2. The van der Waals surface area contributed by atoms with Crippen molar-refractivity contribution in [3.63, 3.8) is 0 Å². The van der Waals surface area contributed by atoms with Crippen LogP contribution in [0.3, 0.4) is 0 Å². The lowest BCUT2D eigenvalue weighted by Crippen LogP contribution is -2.41. The number of aromatic nitrogens is 1. The lowest BCUT2D eigenvalue weighted by atomic mass is 10.1. The Morgan fingerprint density at radius 3 is 2.71 bits per heavy atom. The third-order valence-electron chi connectivity index (χ3n) is 4.99. The number of ether oxygens (including phenoxy) is 1. The fraction of sp³-hybridized carbons (Fsp3) is 0.364. The lowest BCUT2D eigenvalue weighted by Gasteiger charge is -2.31. The first-order chi connectivity index (χ1) is 13.7. The fourth-order valence-corrected chi connectivity index (χ4v) is 5.23. The molecule has 0 radical (unpaired) electrons. The highest BCUT2D eigenvalue weighted by molar-refractivity contribution is 7.99. The Morgan fingerprint density at radius 2 is 1.96 bits per heavy atom. The minimum Gasteiger partial charge on any atom is -0.467 e. The number of nitrogens with zero attached hydrogens (tertiary/aromatic N) is 2. The second-order valence-corrected chi connectivity index (χ2v) is 9.17. The number of amides is 1. The van der Waals surface area contributed by atoms with Crippen LogP contribution in [0.15, 0.2) is 53.4 Å². The molecule has 1 aromatic heterocycles. The Balaban J connectivity index is 1.23. The zero-order chi connectivity index (χ0) is 19.3. The molecule has 6 heteroatoms. The number of thioether (sulfide) groups is 1. The predicted molar refractivity (Wildman–Crippen MR) is 116 cm³/mol. The molecule has 146 valence electrons. The highest BCUT2D eigenvalue weighted by Crippen LogP contribution is 2.31. The van der Waals surface area contributed by atoms with Gasteiger partial charge in [-0.15, -0.1) is 11.8 Å². The van der Waals surface area contributed by atoms with Gasteiger partial charge in [-0.25, -0.2) is 4.98 Å². The van der Waals surface area contributed by atoms with E-state index in [0.717, 1.165) is 42.4 Å². The van der Waals surface area contributed by atoms with Gasteiger partial charge in [-0.05, 0) is 30.7 Å². The van der Waals surface area contributed by atoms with Gasteiger partial charge in [0.2, 0.25) is 5.91 Å². The largest absolute Gasteiger partial charge is 0.467 e. The molecule has 28 heavy (non-hydrogen) atoms. The topological polar surface area (TPSA) is 42.4 Å². The molecule has 1 saturated heterocycles. The third kappa shape index (κ3) is 4.67. The Kier molecular flexibility index (Phi) is 6.17. The number of rotatable bonds is 6. The van der Waals surface area contributed by atoms with E-state index in [1.165, 1.54) is 15.2 Å². The van der Waals surface area contributed by atoms with Gasteiger partial charge in [0.15, 0.2) is 0 Å². The van der Waals surface area contributed by atoms with Gasteiger partial charge >= 0.3 is 0 Å². The molecule has 0 aliphatic carbocycles. The summed E-state index contributed by atoms with van der Waals surface area (Å²) in [5.41, 5.74) is 2.21. The SMILES string of the molecule is Cc1cccc2sc(OC3CCN(C(=O)CCSc4ccccc4)CC3)nc12. The number of aryl methyl sites for hydroxylation is 1. The maximum absolute atomic E-state index is 12.5. The summed E-state index contributed by atoms with van der Waals surface area (Å²) >= 11 is 3.34. The van der Waals surface area contributed by atoms with Crippen molar-refractivity contribution in [2.24, 2.45) is 0 Å². The van der Waals surface area contributed by atoms with Crippen molar-refractivity contribution in [1.82, 2.24) is 9.88 Å². The molecule has 1 amide bonds. The van der Waals surface area contributed by atoms with Crippen molar-refractivity contribution in [3.8, 4) is 5.19 Å².